The standard InChI is InChI=1S/C19H21FN4O2S/c1-27(25,26)23-15-6-8-24(9-7-15)19-5-2-13(11-22-19)17-12-21-18-10-14(20)3-4-16(17)18/h2-5,10-12,15,21,23H,6-9H2,1H3. The van der Waals surface area contributed by atoms with Gasteiger partial charge in [0.15, 0.2) is 0 Å². The number of hydrogen-bond acceptors (Lipinski definition) is 4. The van der Waals surface area contributed by atoms with Crippen LogP contribution in [0.2, 0.25) is 0 Å². The molecule has 2 aromatic heterocycles. The predicted molar refractivity (Wildman–Crippen MR) is 105 cm³/mol. The molecule has 0 radical (unpaired) electrons. The normalized spacial score (nSPS) is 16.1. The van der Waals surface area contributed by atoms with E-state index >= 15 is 0 Å². The van der Waals surface area contributed by atoms with Gasteiger partial charge in [0.25, 0.3) is 0 Å². The first kappa shape index (κ1) is 17.9. The van der Waals surface area contributed by atoms with Gasteiger partial charge in [-0.25, -0.2) is 22.5 Å². The van der Waals surface area contributed by atoms with Gasteiger partial charge in [0, 0.05) is 53.6 Å². The number of nitrogens with zero attached hydrogens (tertiary/aromatic N) is 2. The van der Waals surface area contributed by atoms with Crippen LogP contribution >= 0.6 is 0 Å². The molecule has 2 N–H and O–H groups in total. The van der Waals surface area contributed by atoms with E-state index in [1.165, 1.54) is 18.4 Å². The molecule has 1 aromatic carbocycles. The van der Waals surface area contributed by atoms with Crippen molar-refractivity contribution in [1.29, 1.82) is 0 Å². The molecule has 0 saturated carbocycles. The Balaban J connectivity index is 1.48. The van der Waals surface area contributed by atoms with E-state index in [1.54, 1.807) is 6.07 Å². The van der Waals surface area contributed by atoms with Gasteiger partial charge in [0.2, 0.25) is 10.0 Å². The van der Waals surface area contributed by atoms with Crippen molar-refractivity contribution in [3.05, 3.63) is 48.5 Å². The van der Waals surface area contributed by atoms with Crippen LogP contribution in [-0.2, 0) is 10.0 Å². The number of H-pyrrole nitrogens is 1. The minimum atomic E-state index is -3.17. The van der Waals surface area contributed by atoms with Gasteiger partial charge in [-0.3, -0.25) is 0 Å². The summed E-state index contributed by atoms with van der Waals surface area (Å²) in [6.07, 6.45) is 6.39. The monoisotopic (exact) mass is 388 g/mol. The van der Waals surface area contributed by atoms with Crippen molar-refractivity contribution in [2.45, 2.75) is 18.9 Å². The number of benzene rings is 1. The summed E-state index contributed by atoms with van der Waals surface area (Å²) in [5, 5.41) is 0.957. The number of fused-ring (bicyclic) bond motifs is 1. The van der Waals surface area contributed by atoms with E-state index in [4.69, 9.17) is 0 Å². The first-order chi connectivity index (χ1) is 12.9. The molecule has 0 spiro atoms. The molecule has 0 atom stereocenters. The number of sulfonamides is 1. The quantitative estimate of drug-likeness (QED) is 0.720. The number of piperidine rings is 1. The fourth-order valence-corrected chi connectivity index (χ4v) is 4.44. The summed E-state index contributed by atoms with van der Waals surface area (Å²) in [6.45, 7) is 1.51. The molecule has 27 heavy (non-hydrogen) atoms. The average Bonchev–Trinajstić information content (AvgIpc) is 3.04. The SMILES string of the molecule is CS(=O)(=O)NC1CCN(c2ccc(-c3c[nH]c4cc(F)ccc34)cn2)CC1. The van der Waals surface area contributed by atoms with Gasteiger partial charge in [-0.15, -0.1) is 0 Å². The topological polar surface area (TPSA) is 78.1 Å². The van der Waals surface area contributed by atoms with Gasteiger partial charge in [0.1, 0.15) is 11.6 Å². The first-order valence-electron chi connectivity index (χ1n) is 8.84. The lowest BCUT2D eigenvalue weighted by molar-refractivity contribution is 0.460. The number of aromatic amines is 1. The number of hydrogen-bond donors (Lipinski definition) is 2. The summed E-state index contributed by atoms with van der Waals surface area (Å²) in [5.74, 6) is 0.612. The lowest BCUT2D eigenvalue weighted by Crippen LogP contribution is -2.44. The molecule has 8 heteroatoms. The molecule has 1 saturated heterocycles. The van der Waals surface area contributed by atoms with Crippen molar-refractivity contribution in [2.24, 2.45) is 0 Å². The van der Waals surface area contributed by atoms with Crippen molar-refractivity contribution in [3.63, 3.8) is 0 Å². The zero-order valence-electron chi connectivity index (χ0n) is 14.9. The highest BCUT2D eigenvalue weighted by Gasteiger charge is 2.22. The maximum atomic E-state index is 13.3. The van der Waals surface area contributed by atoms with Crippen LogP contribution in [0.5, 0.6) is 0 Å². The van der Waals surface area contributed by atoms with E-state index in [2.05, 4.69) is 19.6 Å². The number of aromatic nitrogens is 2. The Labute approximate surface area is 157 Å². The zero-order chi connectivity index (χ0) is 19.0. The van der Waals surface area contributed by atoms with Crippen LogP contribution in [0, 0.1) is 5.82 Å². The summed E-state index contributed by atoms with van der Waals surface area (Å²) in [6, 6.07) is 8.68. The lowest BCUT2D eigenvalue weighted by atomic mass is 10.1. The van der Waals surface area contributed by atoms with Gasteiger partial charge in [-0.2, -0.15) is 0 Å². The Bertz CT molecular complexity index is 1060. The summed E-state index contributed by atoms with van der Waals surface area (Å²) >= 11 is 0. The Morgan fingerprint density at radius 1 is 1.22 bits per heavy atom. The van der Waals surface area contributed by atoms with Gasteiger partial charge in [0.05, 0.1) is 6.26 Å². The maximum absolute atomic E-state index is 13.3. The van der Waals surface area contributed by atoms with E-state index in [0.29, 0.717) is 0 Å². The van der Waals surface area contributed by atoms with Crippen LogP contribution in [0.25, 0.3) is 22.0 Å². The van der Waals surface area contributed by atoms with Crippen LogP contribution < -0.4 is 9.62 Å². The predicted octanol–water partition coefficient (Wildman–Crippen LogP) is 2.89. The third-order valence-corrected chi connectivity index (χ3v) is 5.66. The molecule has 1 aliphatic rings. The molecular formula is C19H21FN4O2S. The van der Waals surface area contributed by atoms with Crippen molar-refractivity contribution in [3.8, 4) is 11.1 Å². The Hall–Kier alpha value is -2.45. The molecule has 1 aliphatic heterocycles. The smallest absolute Gasteiger partial charge is 0.208 e. The molecule has 3 aromatic rings. The van der Waals surface area contributed by atoms with E-state index < -0.39 is 10.0 Å². The lowest BCUT2D eigenvalue weighted by Gasteiger charge is -2.32. The molecule has 0 unspecified atom stereocenters. The third-order valence-electron chi connectivity index (χ3n) is 4.90. The summed E-state index contributed by atoms with van der Waals surface area (Å²) in [5.41, 5.74) is 2.71. The van der Waals surface area contributed by atoms with Gasteiger partial charge < -0.3 is 9.88 Å². The third kappa shape index (κ3) is 3.96. The number of halogens is 1. The van der Waals surface area contributed by atoms with Gasteiger partial charge in [-0.05, 0) is 43.2 Å². The largest absolute Gasteiger partial charge is 0.360 e. The number of anilines is 1. The second kappa shape index (κ2) is 6.94. The van der Waals surface area contributed by atoms with Gasteiger partial charge >= 0.3 is 0 Å². The highest BCUT2D eigenvalue weighted by Crippen LogP contribution is 2.29. The highest BCUT2D eigenvalue weighted by molar-refractivity contribution is 7.88. The van der Waals surface area contributed by atoms with Crippen LogP contribution in [0.3, 0.4) is 0 Å². The number of nitrogens with one attached hydrogen (secondary N) is 2. The van der Waals surface area contributed by atoms with Crippen LogP contribution in [-0.4, -0.2) is 43.8 Å². The summed E-state index contributed by atoms with van der Waals surface area (Å²) < 4.78 is 38.7. The molecule has 0 amide bonds. The van der Waals surface area contributed by atoms with Crippen molar-refractivity contribution in [2.75, 3.05) is 24.2 Å². The number of rotatable bonds is 4. The Morgan fingerprint density at radius 2 is 2.00 bits per heavy atom. The van der Waals surface area contributed by atoms with Crippen molar-refractivity contribution < 1.29 is 12.8 Å². The molecule has 0 aliphatic carbocycles. The van der Waals surface area contributed by atoms with Crippen molar-refractivity contribution in [1.82, 2.24) is 14.7 Å². The zero-order valence-corrected chi connectivity index (χ0v) is 15.8. The fourth-order valence-electron chi connectivity index (χ4n) is 3.60. The van der Waals surface area contributed by atoms with Crippen LogP contribution in [0.4, 0.5) is 10.2 Å². The highest BCUT2D eigenvalue weighted by atomic mass is 32.2. The molecular weight excluding hydrogens is 367 g/mol. The second-order valence-electron chi connectivity index (χ2n) is 6.95. The molecule has 4 rings (SSSR count). The fraction of sp³-hybridized carbons (Fsp3) is 0.316. The second-order valence-corrected chi connectivity index (χ2v) is 8.73. The minimum Gasteiger partial charge on any atom is -0.360 e. The first-order valence-corrected chi connectivity index (χ1v) is 10.7. The summed E-state index contributed by atoms with van der Waals surface area (Å²) in [4.78, 5) is 9.84. The molecule has 6 nitrogen and oxygen atoms in total. The Kier molecular flexibility index (Phi) is 4.61. The summed E-state index contributed by atoms with van der Waals surface area (Å²) in [7, 11) is -3.17. The maximum Gasteiger partial charge on any atom is 0.208 e. The molecule has 3 heterocycles. The van der Waals surface area contributed by atoms with Crippen LogP contribution in [0.1, 0.15) is 12.8 Å². The van der Waals surface area contributed by atoms with E-state index in [1.807, 2.05) is 24.5 Å². The number of pyridine rings is 1. The Morgan fingerprint density at radius 3 is 2.67 bits per heavy atom. The van der Waals surface area contributed by atoms with Crippen molar-refractivity contribution >= 4 is 26.7 Å². The average molecular weight is 388 g/mol. The molecule has 1 fully saturated rings. The van der Waals surface area contributed by atoms with E-state index in [0.717, 1.165) is 53.8 Å². The molecule has 0 bridgehead atoms. The minimum absolute atomic E-state index is 0.0119. The van der Waals surface area contributed by atoms with Crippen LogP contribution in [0.15, 0.2) is 42.7 Å². The van der Waals surface area contributed by atoms with Gasteiger partial charge in [-0.1, -0.05) is 0 Å². The van der Waals surface area contributed by atoms with E-state index in [-0.39, 0.29) is 11.9 Å². The molecule has 142 valence electrons. The van der Waals surface area contributed by atoms with E-state index in [9.17, 15) is 12.8 Å².